The highest BCUT2D eigenvalue weighted by Gasteiger charge is 2.44. The molecule has 0 spiro atoms. The van der Waals surface area contributed by atoms with Crippen LogP contribution in [0.4, 0.5) is 0 Å². The minimum atomic E-state index is -3.93. The van der Waals surface area contributed by atoms with Crippen LogP contribution in [0.1, 0.15) is 30.3 Å². The molecule has 3 amide bonds. The number of sulfonamides is 1. The zero-order valence-corrected chi connectivity index (χ0v) is 23.9. The molecule has 2 fully saturated rings. The lowest BCUT2D eigenvalue weighted by molar-refractivity contribution is -0.132. The average molecular weight is 600 g/mol. The van der Waals surface area contributed by atoms with Crippen LogP contribution >= 0.6 is 11.6 Å². The number of nitrogens with one attached hydrogen (secondary N) is 2. The van der Waals surface area contributed by atoms with Crippen molar-refractivity contribution in [1.29, 1.82) is 0 Å². The second-order valence-electron chi connectivity index (χ2n) is 10.2. The molecule has 2 N–H and O–H groups in total. The lowest BCUT2D eigenvalue weighted by Crippen LogP contribution is -2.53. The van der Waals surface area contributed by atoms with Gasteiger partial charge in [-0.25, -0.2) is 8.42 Å². The van der Waals surface area contributed by atoms with Crippen LogP contribution in [0.25, 0.3) is 11.3 Å². The molecule has 3 atom stereocenters. The molecule has 1 aromatic heterocycles. The first-order chi connectivity index (χ1) is 19.6. The van der Waals surface area contributed by atoms with E-state index in [9.17, 15) is 22.8 Å². The molecule has 0 bridgehead atoms. The Morgan fingerprint density at radius 3 is 2.46 bits per heavy atom. The maximum atomic E-state index is 13.5. The van der Waals surface area contributed by atoms with Crippen molar-refractivity contribution in [2.24, 2.45) is 5.92 Å². The third-order valence-electron chi connectivity index (χ3n) is 7.42. The summed E-state index contributed by atoms with van der Waals surface area (Å²) >= 11 is 6.24. The third kappa shape index (κ3) is 6.29. The van der Waals surface area contributed by atoms with Gasteiger partial charge >= 0.3 is 0 Å². The van der Waals surface area contributed by atoms with E-state index in [1.165, 1.54) is 29.4 Å². The molecule has 5 rings (SSSR count). The molecule has 2 aliphatic rings. The van der Waals surface area contributed by atoms with E-state index in [0.29, 0.717) is 35.9 Å². The summed E-state index contributed by atoms with van der Waals surface area (Å²) in [5.74, 6) is -1.66. The number of amides is 3. The SMILES string of the molecule is CC(=O)N1CCC[C@H](NC(=O)[C@H]2CN(S(=O)(=O)c3ccccc3)C[C@@H]2NC(=O)c2cc(-c3ccccc3Cl)on2)C1. The molecular weight excluding hydrogens is 570 g/mol. The molecule has 216 valence electrons. The van der Waals surface area contributed by atoms with Crippen LogP contribution < -0.4 is 10.6 Å². The average Bonchev–Trinajstić information content (AvgIpc) is 3.62. The van der Waals surface area contributed by atoms with Gasteiger partial charge in [-0.3, -0.25) is 14.4 Å². The molecule has 0 radical (unpaired) electrons. The minimum absolute atomic E-state index is 0.0344. The van der Waals surface area contributed by atoms with Gasteiger partial charge in [-0.2, -0.15) is 4.31 Å². The Labute approximate surface area is 242 Å². The summed E-state index contributed by atoms with van der Waals surface area (Å²) in [5, 5.41) is 10.1. The van der Waals surface area contributed by atoms with E-state index in [0.717, 1.165) is 6.42 Å². The molecule has 0 saturated carbocycles. The highest BCUT2D eigenvalue weighted by molar-refractivity contribution is 7.89. The molecule has 3 aromatic rings. The van der Waals surface area contributed by atoms with Crippen molar-refractivity contribution in [1.82, 2.24) is 25.0 Å². The molecular formula is C28H30ClN5O6S. The lowest BCUT2D eigenvalue weighted by Gasteiger charge is -2.33. The van der Waals surface area contributed by atoms with Crippen LogP contribution in [0.15, 0.2) is 70.1 Å². The maximum Gasteiger partial charge on any atom is 0.273 e. The Morgan fingerprint density at radius 1 is 1.00 bits per heavy atom. The van der Waals surface area contributed by atoms with Crippen molar-refractivity contribution < 1.29 is 27.3 Å². The number of piperidine rings is 1. The molecule has 41 heavy (non-hydrogen) atoms. The summed E-state index contributed by atoms with van der Waals surface area (Å²) in [7, 11) is -3.93. The Hall–Kier alpha value is -3.74. The maximum absolute atomic E-state index is 13.5. The van der Waals surface area contributed by atoms with Crippen molar-refractivity contribution >= 4 is 39.3 Å². The first-order valence-electron chi connectivity index (χ1n) is 13.3. The summed E-state index contributed by atoms with van der Waals surface area (Å²) in [5.41, 5.74) is 0.527. The number of hydrogen-bond acceptors (Lipinski definition) is 7. The molecule has 2 aromatic carbocycles. The standard InChI is InChI=1S/C28H30ClN5O6S/c1-18(35)33-13-7-8-19(15-33)30-27(36)22-16-34(41(38,39)20-9-3-2-4-10-20)17-25(22)31-28(37)24-14-26(40-32-24)21-11-5-6-12-23(21)29/h2-6,9-12,14,19,22,25H,7-8,13,15-17H2,1H3,(H,30,36)(H,31,37)/t19-,22-,25-/m0/s1. The summed E-state index contributed by atoms with van der Waals surface area (Å²) in [6.45, 7) is 2.25. The highest BCUT2D eigenvalue weighted by Crippen LogP contribution is 2.29. The van der Waals surface area contributed by atoms with Gasteiger partial charge in [-0.05, 0) is 37.1 Å². The van der Waals surface area contributed by atoms with Crippen molar-refractivity contribution in [2.75, 3.05) is 26.2 Å². The van der Waals surface area contributed by atoms with E-state index in [2.05, 4.69) is 15.8 Å². The van der Waals surface area contributed by atoms with Crippen LogP contribution in [-0.4, -0.2) is 78.8 Å². The number of likely N-dealkylation sites (tertiary alicyclic amines) is 1. The van der Waals surface area contributed by atoms with Crippen LogP contribution in [-0.2, 0) is 19.6 Å². The van der Waals surface area contributed by atoms with Crippen molar-refractivity contribution in [3.63, 3.8) is 0 Å². The van der Waals surface area contributed by atoms with Gasteiger partial charge in [0.05, 0.1) is 21.9 Å². The molecule has 2 saturated heterocycles. The van der Waals surface area contributed by atoms with Crippen molar-refractivity contribution in [3.05, 3.63) is 71.4 Å². The lowest BCUT2D eigenvalue weighted by atomic mass is 10.00. The Morgan fingerprint density at radius 2 is 1.73 bits per heavy atom. The number of carbonyl (C=O) groups is 3. The molecule has 2 aliphatic heterocycles. The van der Waals surface area contributed by atoms with E-state index in [1.54, 1.807) is 47.4 Å². The van der Waals surface area contributed by atoms with Gasteiger partial charge in [-0.15, -0.1) is 0 Å². The Balaban J connectivity index is 1.36. The quantitative estimate of drug-likeness (QED) is 0.425. The summed E-state index contributed by atoms with van der Waals surface area (Å²) in [6.07, 6.45) is 1.43. The molecule has 11 nitrogen and oxygen atoms in total. The second kappa shape index (κ2) is 12.0. The Bertz CT molecular complexity index is 1550. The third-order valence-corrected chi connectivity index (χ3v) is 9.59. The number of halogens is 1. The van der Waals surface area contributed by atoms with Gasteiger partial charge in [0.25, 0.3) is 5.91 Å². The molecule has 3 heterocycles. The summed E-state index contributed by atoms with van der Waals surface area (Å²) in [4.78, 5) is 40.4. The van der Waals surface area contributed by atoms with Crippen LogP contribution in [0, 0.1) is 5.92 Å². The van der Waals surface area contributed by atoms with Gasteiger partial charge < -0.3 is 20.1 Å². The number of rotatable bonds is 7. The zero-order valence-electron chi connectivity index (χ0n) is 22.3. The second-order valence-corrected chi connectivity index (χ2v) is 12.5. The van der Waals surface area contributed by atoms with E-state index >= 15 is 0 Å². The predicted molar refractivity (Wildman–Crippen MR) is 150 cm³/mol. The van der Waals surface area contributed by atoms with Crippen LogP contribution in [0.5, 0.6) is 0 Å². The van der Waals surface area contributed by atoms with Crippen LogP contribution in [0.2, 0.25) is 5.02 Å². The molecule has 0 aliphatic carbocycles. The number of carbonyl (C=O) groups excluding carboxylic acids is 3. The summed E-state index contributed by atoms with van der Waals surface area (Å²) in [6, 6.07) is 15.2. The van der Waals surface area contributed by atoms with Gasteiger partial charge in [0, 0.05) is 50.8 Å². The fourth-order valence-electron chi connectivity index (χ4n) is 5.22. The van der Waals surface area contributed by atoms with Gasteiger partial charge in [0.2, 0.25) is 21.8 Å². The van der Waals surface area contributed by atoms with Crippen molar-refractivity contribution in [3.8, 4) is 11.3 Å². The highest BCUT2D eigenvalue weighted by atomic mass is 35.5. The Kier molecular flexibility index (Phi) is 8.43. The van der Waals surface area contributed by atoms with E-state index in [4.69, 9.17) is 16.1 Å². The number of nitrogens with zero attached hydrogens (tertiary/aromatic N) is 3. The monoisotopic (exact) mass is 599 g/mol. The first kappa shape index (κ1) is 28.8. The largest absolute Gasteiger partial charge is 0.355 e. The number of benzene rings is 2. The van der Waals surface area contributed by atoms with Crippen LogP contribution in [0.3, 0.4) is 0 Å². The molecule has 13 heteroatoms. The first-order valence-corrected chi connectivity index (χ1v) is 15.1. The van der Waals surface area contributed by atoms with E-state index < -0.39 is 33.8 Å². The number of aromatic nitrogens is 1. The zero-order chi connectivity index (χ0) is 29.1. The normalized spacial score (nSPS) is 21.4. The molecule has 0 unspecified atom stereocenters. The van der Waals surface area contributed by atoms with Crippen molar-refractivity contribution in [2.45, 2.75) is 36.7 Å². The topological polar surface area (TPSA) is 142 Å². The number of hydrogen-bond donors (Lipinski definition) is 2. The summed E-state index contributed by atoms with van der Waals surface area (Å²) < 4.78 is 33.4. The fraction of sp³-hybridized carbons (Fsp3) is 0.357. The fourth-order valence-corrected chi connectivity index (χ4v) is 6.96. The smallest absolute Gasteiger partial charge is 0.273 e. The predicted octanol–water partition coefficient (Wildman–Crippen LogP) is 2.54. The van der Waals surface area contributed by atoms with E-state index in [-0.39, 0.29) is 35.6 Å². The van der Waals surface area contributed by atoms with E-state index in [1.807, 2.05) is 0 Å². The van der Waals surface area contributed by atoms with Gasteiger partial charge in [0.1, 0.15) is 0 Å². The minimum Gasteiger partial charge on any atom is -0.355 e. The van der Waals surface area contributed by atoms with Gasteiger partial charge in [-0.1, -0.05) is 47.1 Å². The van der Waals surface area contributed by atoms with Gasteiger partial charge in [0.15, 0.2) is 11.5 Å².